The third-order valence-corrected chi connectivity index (χ3v) is 8.18. The van der Waals surface area contributed by atoms with Gasteiger partial charge in [-0.1, -0.05) is 74.0 Å². The molecule has 38 heavy (non-hydrogen) atoms. The molecule has 0 spiro atoms. The lowest BCUT2D eigenvalue weighted by Crippen LogP contribution is -2.51. The molecule has 0 saturated carbocycles. The van der Waals surface area contributed by atoms with Crippen LogP contribution in [0.15, 0.2) is 83.8 Å². The Morgan fingerprint density at radius 3 is 2.18 bits per heavy atom. The van der Waals surface area contributed by atoms with Crippen molar-refractivity contribution in [3.05, 3.63) is 95.6 Å². The van der Waals surface area contributed by atoms with Crippen LogP contribution in [0.3, 0.4) is 0 Å². The normalized spacial score (nSPS) is 12.0. The molecule has 0 aliphatic carbocycles. The first kappa shape index (κ1) is 28.9. The fraction of sp³-hybridized carbons (Fsp3) is 0.333. The topological polar surface area (TPSA) is 86.8 Å². The van der Waals surface area contributed by atoms with E-state index in [1.807, 2.05) is 57.2 Å². The van der Waals surface area contributed by atoms with E-state index in [1.165, 1.54) is 17.0 Å². The number of nitrogens with zero attached hydrogens (tertiary/aromatic N) is 2. The molecule has 1 atom stereocenters. The van der Waals surface area contributed by atoms with E-state index >= 15 is 0 Å². The summed E-state index contributed by atoms with van der Waals surface area (Å²) < 4.78 is 28.7. The fourth-order valence-corrected chi connectivity index (χ4v) is 5.57. The highest BCUT2D eigenvalue weighted by atomic mass is 32.2. The third-order valence-electron chi connectivity index (χ3n) is 6.39. The zero-order valence-electron chi connectivity index (χ0n) is 22.6. The van der Waals surface area contributed by atoms with Crippen molar-refractivity contribution in [3.8, 4) is 0 Å². The summed E-state index contributed by atoms with van der Waals surface area (Å²) in [5.41, 5.74) is 3.33. The third kappa shape index (κ3) is 7.22. The first-order valence-corrected chi connectivity index (χ1v) is 14.4. The van der Waals surface area contributed by atoms with Gasteiger partial charge in [0.2, 0.25) is 11.8 Å². The van der Waals surface area contributed by atoms with Crippen molar-refractivity contribution in [2.24, 2.45) is 0 Å². The lowest BCUT2D eigenvalue weighted by molar-refractivity contribution is -0.139. The van der Waals surface area contributed by atoms with Gasteiger partial charge >= 0.3 is 0 Å². The number of carbonyl (C=O) groups is 2. The lowest BCUT2D eigenvalue weighted by atomic mass is 10.1. The number of benzene rings is 3. The van der Waals surface area contributed by atoms with E-state index in [9.17, 15) is 18.0 Å². The molecule has 3 rings (SSSR count). The number of aryl methyl sites for hydroxylation is 2. The summed E-state index contributed by atoms with van der Waals surface area (Å²) in [5, 5.41) is 2.85. The van der Waals surface area contributed by atoms with Crippen LogP contribution >= 0.6 is 0 Å². The summed E-state index contributed by atoms with van der Waals surface area (Å²) >= 11 is 0. The van der Waals surface area contributed by atoms with Gasteiger partial charge in [-0.2, -0.15) is 0 Å². The zero-order chi connectivity index (χ0) is 27.7. The van der Waals surface area contributed by atoms with E-state index in [4.69, 9.17) is 0 Å². The Kier molecular flexibility index (Phi) is 10.1. The molecule has 0 fully saturated rings. The average molecular weight is 536 g/mol. The van der Waals surface area contributed by atoms with Gasteiger partial charge in [-0.15, -0.1) is 0 Å². The first-order chi connectivity index (χ1) is 18.2. The summed E-state index contributed by atoms with van der Waals surface area (Å²) in [6.07, 6.45) is 1.57. The molecule has 7 nitrogen and oxygen atoms in total. The van der Waals surface area contributed by atoms with Crippen molar-refractivity contribution >= 4 is 27.5 Å². The number of carbonyl (C=O) groups excluding carboxylic acids is 2. The van der Waals surface area contributed by atoms with Crippen molar-refractivity contribution in [1.82, 2.24) is 10.2 Å². The second-order valence-electron chi connectivity index (χ2n) is 9.32. The molecule has 0 unspecified atom stereocenters. The Bertz CT molecular complexity index is 1330. The molecule has 0 aromatic heterocycles. The van der Waals surface area contributed by atoms with Crippen LogP contribution in [0.25, 0.3) is 0 Å². The summed E-state index contributed by atoms with van der Waals surface area (Å²) in [7, 11) is -4.06. The van der Waals surface area contributed by atoms with E-state index in [2.05, 4.69) is 5.32 Å². The minimum absolute atomic E-state index is 0.0892. The maximum Gasteiger partial charge on any atom is 0.264 e. The number of anilines is 1. The van der Waals surface area contributed by atoms with Crippen LogP contribution in [0.4, 0.5) is 5.69 Å². The second kappa shape index (κ2) is 13.2. The van der Waals surface area contributed by atoms with Gasteiger partial charge in [0.05, 0.1) is 10.6 Å². The van der Waals surface area contributed by atoms with Crippen LogP contribution in [0.1, 0.15) is 43.9 Å². The van der Waals surface area contributed by atoms with Crippen molar-refractivity contribution in [3.63, 3.8) is 0 Å². The molecule has 1 N–H and O–H groups in total. The molecular formula is C30H37N3O4S. The van der Waals surface area contributed by atoms with E-state index in [0.717, 1.165) is 33.8 Å². The summed E-state index contributed by atoms with van der Waals surface area (Å²) in [6, 6.07) is 22.1. The molecule has 202 valence electrons. The summed E-state index contributed by atoms with van der Waals surface area (Å²) in [5.74, 6) is -0.748. The highest BCUT2D eigenvalue weighted by molar-refractivity contribution is 7.92. The summed E-state index contributed by atoms with van der Waals surface area (Å²) in [4.78, 5) is 28.3. The van der Waals surface area contributed by atoms with Crippen molar-refractivity contribution in [2.75, 3.05) is 17.4 Å². The van der Waals surface area contributed by atoms with Crippen molar-refractivity contribution < 1.29 is 18.0 Å². The molecule has 2 amide bonds. The minimum atomic E-state index is -4.06. The highest BCUT2D eigenvalue weighted by Gasteiger charge is 2.32. The van der Waals surface area contributed by atoms with Crippen LogP contribution in [0.2, 0.25) is 0 Å². The Balaban J connectivity index is 2.01. The Hall–Kier alpha value is -3.65. The molecule has 0 radical (unpaired) electrons. The fourth-order valence-electron chi connectivity index (χ4n) is 4.13. The molecule has 3 aromatic rings. The van der Waals surface area contributed by atoms with E-state index in [0.29, 0.717) is 12.2 Å². The Labute approximate surface area is 226 Å². The Morgan fingerprint density at radius 1 is 0.895 bits per heavy atom. The van der Waals surface area contributed by atoms with Gasteiger partial charge in [-0.25, -0.2) is 8.42 Å². The predicted molar refractivity (Wildman–Crippen MR) is 151 cm³/mol. The van der Waals surface area contributed by atoms with Crippen LogP contribution < -0.4 is 9.62 Å². The standard InChI is InChI=1S/C30H37N3O4S/c1-5-19-31-30(35)24(4)32(21-26-12-10-11-23(3)20-26)29(34)22-33(27-17-15-25(6-2)16-18-27)38(36,37)28-13-8-7-9-14-28/h7-18,20,24H,5-6,19,21-22H2,1-4H3,(H,31,35)/t24-/m1/s1. The first-order valence-electron chi connectivity index (χ1n) is 13.0. The number of amides is 2. The number of hydrogen-bond donors (Lipinski definition) is 1. The maximum atomic E-state index is 13.9. The van der Waals surface area contributed by atoms with Crippen LogP contribution in [0, 0.1) is 6.92 Å². The van der Waals surface area contributed by atoms with Crippen LogP contribution in [-0.4, -0.2) is 44.3 Å². The number of nitrogens with one attached hydrogen (secondary N) is 1. The van der Waals surface area contributed by atoms with Gasteiger partial charge in [0.25, 0.3) is 10.0 Å². The monoisotopic (exact) mass is 535 g/mol. The van der Waals surface area contributed by atoms with E-state index < -0.39 is 28.5 Å². The smallest absolute Gasteiger partial charge is 0.264 e. The van der Waals surface area contributed by atoms with E-state index in [-0.39, 0.29) is 17.3 Å². The summed E-state index contributed by atoms with van der Waals surface area (Å²) in [6.45, 7) is 7.83. The van der Waals surface area contributed by atoms with Crippen molar-refractivity contribution in [2.45, 2.75) is 58.0 Å². The SMILES string of the molecule is CCCNC(=O)[C@@H](C)N(Cc1cccc(C)c1)C(=O)CN(c1ccc(CC)cc1)S(=O)(=O)c1ccccc1. The molecule has 0 heterocycles. The van der Waals surface area contributed by atoms with Crippen LogP contribution in [-0.2, 0) is 32.6 Å². The van der Waals surface area contributed by atoms with E-state index in [1.54, 1.807) is 37.3 Å². The molecule has 8 heteroatoms. The van der Waals surface area contributed by atoms with Gasteiger partial charge in [0, 0.05) is 13.1 Å². The largest absolute Gasteiger partial charge is 0.354 e. The van der Waals surface area contributed by atoms with Gasteiger partial charge in [0.15, 0.2) is 0 Å². The molecular weight excluding hydrogens is 498 g/mol. The maximum absolute atomic E-state index is 13.9. The lowest BCUT2D eigenvalue weighted by Gasteiger charge is -2.32. The molecule has 0 aliphatic rings. The molecule has 0 aliphatic heterocycles. The average Bonchev–Trinajstić information content (AvgIpc) is 2.93. The van der Waals surface area contributed by atoms with Crippen LogP contribution in [0.5, 0.6) is 0 Å². The van der Waals surface area contributed by atoms with Crippen molar-refractivity contribution in [1.29, 1.82) is 0 Å². The molecule has 3 aromatic carbocycles. The minimum Gasteiger partial charge on any atom is -0.354 e. The highest BCUT2D eigenvalue weighted by Crippen LogP contribution is 2.25. The molecule has 0 bridgehead atoms. The number of sulfonamides is 1. The van der Waals surface area contributed by atoms with Gasteiger partial charge in [-0.3, -0.25) is 13.9 Å². The van der Waals surface area contributed by atoms with Gasteiger partial charge in [-0.05, 0) is 62.1 Å². The quantitative estimate of drug-likeness (QED) is 0.364. The van der Waals surface area contributed by atoms with Gasteiger partial charge in [0.1, 0.15) is 12.6 Å². The van der Waals surface area contributed by atoms with Gasteiger partial charge < -0.3 is 10.2 Å². The number of rotatable bonds is 12. The molecule has 0 saturated heterocycles. The second-order valence-corrected chi connectivity index (χ2v) is 11.2. The zero-order valence-corrected chi connectivity index (χ0v) is 23.4. The number of hydrogen-bond acceptors (Lipinski definition) is 4. The predicted octanol–water partition coefficient (Wildman–Crippen LogP) is 4.70. The Morgan fingerprint density at radius 2 is 1.58 bits per heavy atom.